The van der Waals surface area contributed by atoms with Crippen molar-refractivity contribution in [1.29, 1.82) is 0 Å². The molecule has 0 N–H and O–H groups in total. The SMILES string of the molecule is Cc1ccc2nc(C)n(C(C)(C)C)c2c1. The molecule has 0 atom stereocenters. The number of fused-ring (bicyclic) bond motifs is 1. The van der Waals surface area contributed by atoms with Crippen molar-refractivity contribution in [3.05, 3.63) is 29.6 Å². The topological polar surface area (TPSA) is 17.8 Å². The number of benzene rings is 1. The van der Waals surface area contributed by atoms with E-state index in [0.717, 1.165) is 11.3 Å². The third kappa shape index (κ3) is 1.65. The maximum Gasteiger partial charge on any atom is 0.107 e. The number of aromatic nitrogens is 2. The molecule has 0 fully saturated rings. The first-order valence-corrected chi connectivity index (χ1v) is 5.36. The molecule has 80 valence electrons. The van der Waals surface area contributed by atoms with Gasteiger partial charge in [-0.25, -0.2) is 4.98 Å². The van der Waals surface area contributed by atoms with Crippen LogP contribution in [-0.4, -0.2) is 9.55 Å². The number of hydrogen-bond acceptors (Lipinski definition) is 1. The predicted molar refractivity (Wildman–Crippen MR) is 64.2 cm³/mol. The van der Waals surface area contributed by atoms with Gasteiger partial charge in [-0.15, -0.1) is 0 Å². The Labute approximate surface area is 90.9 Å². The number of hydrogen-bond donors (Lipinski definition) is 0. The lowest BCUT2D eigenvalue weighted by Gasteiger charge is -2.23. The summed E-state index contributed by atoms with van der Waals surface area (Å²) in [5.41, 5.74) is 3.70. The van der Waals surface area contributed by atoms with Crippen molar-refractivity contribution in [2.75, 3.05) is 0 Å². The Kier molecular flexibility index (Phi) is 2.10. The molecule has 0 amide bonds. The molecule has 1 heterocycles. The number of imidazole rings is 1. The van der Waals surface area contributed by atoms with Gasteiger partial charge in [-0.05, 0) is 52.3 Å². The van der Waals surface area contributed by atoms with E-state index in [9.17, 15) is 0 Å². The highest BCUT2D eigenvalue weighted by molar-refractivity contribution is 5.77. The summed E-state index contributed by atoms with van der Waals surface area (Å²) in [5.74, 6) is 1.09. The van der Waals surface area contributed by atoms with Gasteiger partial charge in [0, 0.05) is 5.54 Å². The van der Waals surface area contributed by atoms with Crippen molar-refractivity contribution >= 4 is 11.0 Å². The molecule has 0 aliphatic carbocycles. The maximum atomic E-state index is 4.58. The fourth-order valence-corrected chi connectivity index (χ4v) is 2.15. The Hall–Kier alpha value is -1.31. The molecule has 0 radical (unpaired) electrons. The maximum absolute atomic E-state index is 4.58. The molecule has 0 saturated carbocycles. The Morgan fingerprint density at radius 2 is 1.80 bits per heavy atom. The first-order valence-electron chi connectivity index (χ1n) is 5.36. The molecule has 0 bridgehead atoms. The van der Waals surface area contributed by atoms with Crippen molar-refractivity contribution in [2.45, 2.75) is 40.2 Å². The molecule has 0 aliphatic rings. The Morgan fingerprint density at radius 3 is 2.40 bits per heavy atom. The Bertz CT molecular complexity index is 501. The molecule has 1 aromatic carbocycles. The van der Waals surface area contributed by atoms with E-state index in [-0.39, 0.29) is 5.54 Å². The van der Waals surface area contributed by atoms with Gasteiger partial charge in [-0.1, -0.05) is 6.07 Å². The third-order valence-electron chi connectivity index (χ3n) is 2.65. The van der Waals surface area contributed by atoms with E-state index in [0.29, 0.717) is 0 Å². The van der Waals surface area contributed by atoms with Crippen LogP contribution in [0.2, 0.25) is 0 Å². The Balaban J connectivity index is 2.82. The van der Waals surface area contributed by atoms with E-state index in [1.54, 1.807) is 0 Å². The van der Waals surface area contributed by atoms with E-state index >= 15 is 0 Å². The van der Waals surface area contributed by atoms with E-state index in [2.05, 4.69) is 62.4 Å². The highest BCUT2D eigenvalue weighted by Gasteiger charge is 2.18. The van der Waals surface area contributed by atoms with Gasteiger partial charge in [0.25, 0.3) is 0 Å². The second-order valence-electron chi connectivity index (χ2n) is 5.16. The second kappa shape index (κ2) is 3.09. The second-order valence-corrected chi connectivity index (χ2v) is 5.16. The van der Waals surface area contributed by atoms with Gasteiger partial charge < -0.3 is 4.57 Å². The molecule has 2 aromatic rings. The van der Waals surface area contributed by atoms with Crippen LogP contribution in [0.4, 0.5) is 0 Å². The normalized spacial score (nSPS) is 12.3. The lowest BCUT2D eigenvalue weighted by molar-refractivity contribution is 0.399. The predicted octanol–water partition coefficient (Wildman–Crippen LogP) is 3.41. The van der Waals surface area contributed by atoms with Crippen LogP contribution >= 0.6 is 0 Å². The summed E-state index contributed by atoms with van der Waals surface area (Å²) in [6.07, 6.45) is 0. The van der Waals surface area contributed by atoms with Crippen LogP contribution in [0.3, 0.4) is 0 Å². The molecule has 0 saturated heterocycles. The fraction of sp³-hybridized carbons (Fsp3) is 0.462. The van der Waals surface area contributed by atoms with Crippen LogP contribution in [0.5, 0.6) is 0 Å². The van der Waals surface area contributed by atoms with Gasteiger partial charge in [0.2, 0.25) is 0 Å². The minimum absolute atomic E-state index is 0.0899. The van der Waals surface area contributed by atoms with Gasteiger partial charge in [-0.2, -0.15) is 0 Å². The molecule has 0 aliphatic heterocycles. The first-order chi connectivity index (χ1) is 6.89. The summed E-state index contributed by atoms with van der Waals surface area (Å²) >= 11 is 0. The molecule has 1 aromatic heterocycles. The van der Waals surface area contributed by atoms with E-state index in [4.69, 9.17) is 0 Å². The summed E-state index contributed by atoms with van der Waals surface area (Å²) in [6.45, 7) is 10.8. The zero-order valence-corrected chi connectivity index (χ0v) is 10.1. The lowest BCUT2D eigenvalue weighted by atomic mass is 10.1. The summed E-state index contributed by atoms with van der Waals surface area (Å²) < 4.78 is 2.30. The summed E-state index contributed by atoms with van der Waals surface area (Å²) in [5, 5.41) is 0. The zero-order chi connectivity index (χ0) is 11.2. The fourth-order valence-electron chi connectivity index (χ4n) is 2.15. The van der Waals surface area contributed by atoms with E-state index in [1.807, 2.05) is 0 Å². The smallest absolute Gasteiger partial charge is 0.107 e. The standard InChI is InChI=1S/C13H18N2/c1-9-6-7-11-12(8-9)15(10(2)14-11)13(3,4)5/h6-8H,1-5H3. The minimum atomic E-state index is 0.0899. The average molecular weight is 202 g/mol. The molecular weight excluding hydrogens is 184 g/mol. The van der Waals surface area contributed by atoms with Crippen molar-refractivity contribution in [3.8, 4) is 0 Å². The number of aryl methyl sites for hydroxylation is 2. The van der Waals surface area contributed by atoms with Gasteiger partial charge in [0.05, 0.1) is 11.0 Å². The third-order valence-corrected chi connectivity index (χ3v) is 2.65. The van der Waals surface area contributed by atoms with Crippen molar-refractivity contribution < 1.29 is 0 Å². The summed E-state index contributed by atoms with van der Waals surface area (Å²) in [6, 6.07) is 6.42. The van der Waals surface area contributed by atoms with E-state index in [1.165, 1.54) is 11.1 Å². The molecule has 2 rings (SSSR count). The van der Waals surface area contributed by atoms with Gasteiger partial charge >= 0.3 is 0 Å². The lowest BCUT2D eigenvalue weighted by Crippen LogP contribution is -2.22. The van der Waals surface area contributed by atoms with Crippen LogP contribution in [0.25, 0.3) is 11.0 Å². The minimum Gasteiger partial charge on any atom is -0.323 e. The number of nitrogens with zero attached hydrogens (tertiary/aromatic N) is 2. The Morgan fingerprint density at radius 1 is 1.13 bits per heavy atom. The quantitative estimate of drug-likeness (QED) is 0.640. The summed E-state index contributed by atoms with van der Waals surface area (Å²) in [7, 11) is 0. The monoisotopic (exact) mass is 202 g/mol. The molecular formula is C13H18N2. The molecule has 2 nitrogen and oxygen atoms in total. The zero-order valence-electron chi connectivity index (χ0n) is 10.1. The van der Waals surface area contributed by atoms with Gasteiger partial charge in [-0.3, -0.25) is 0 Å². The van der Waals surface area contributed by atoms with Crippen LogP contribution < -0.4 is 0 Å². The molecule has 15 heavy (non-hydrogen) atoms. The average Bonchev–Trinajstić information content (AvgIpc) is 2.38. The van der Waals surface area contributed by atoms with Crippen molar-refractivity contribution in [2.24, 2.45) is 0 Å². The highest BCUT2D eigenvalue weighted by atomic mass is 15.1. The number of rotatable bonds is 0. The van der Waals surface area contributed by atoms with Crippen LogP contribution in [-0.2, 0) is 5.54 Å². The van der Waals surface area contributed by atoms with Crippen LogP contribution in [0, 0.1) is 13.8 Å². The molecule has 2 heteroatoms. The van der Waals surface area contributed by atoms with Crippen molar-refractivity contribution in [1.82, 2.24) is 9.55 Å². The van der Waals surface area contributed by atoms with Crippen molar-refractivity contribution in [3.63, 3.8) is 0 Å². The van der Waals surface area contributed by atoms with Crippen LogP contribution in [0.15, 0.2) is 18.2 Å². The van der Waals surface area contributed by atoms with E-state index < -0.39 is 0 Å². The summed E-state index contributed by atoms with van der Waals surface area (Å²) in [4.78, 5) is 4.58. The first kappa shape index (κ1) is 10.2. The van der Waals surface area contributed by atoms with Gasteiger partial charge in [0.15, 0.2) is 0 Å². The molecule has 0 spiro atoms. The largest absolute Gasteiger partial charge is 0.323 e. The molecule has 0 unspecified atom stereocenters. The van der Waals surface area contributed by atoms with Gasteiger partial charge in [0.1, 0.15) is 5.82 Å². The van der Waals surface area contributed by atoms with Crippen LogP contribution in [0.1, 0.15) is 32.2 Å². The highest BCUT2D eigenvalue weighted by Crippen LogP contribution is 2.25.